The van der Waals surface area contributed by atoms with E-state index in [0.29, 0.717) is 15.6 Å². The maximum absolute atomic E-state index is 13.1. The highest BCUT2D eigenvalue weighted by molar-refractivity contribution is 7.22. The Morgan fingerprint density at radius 1 is 1.14 bits per heavy atom. The topological polar surface area (TPSA) is 42.0 Å². The Bertz CT molecular complexity index is 898. The zero-order chi connectivity index (χ0) is 15.9. The van der Waals surface area contributed by atoms with E-state index in [1.165, 1.54) is 17.4 Å². The molecule has 1 aromatic heterocycles. The number of nitrogens with zero attached hydrogens (tertiary/aromatic N) is 1. The Morgan fingerprint density at radius 2 is 1.91 bits per heavy atom. The van der Waals surface area contributed by atoms with Crippen LogP contribution in [0.3, 0.4) is 0 Å². The lowest BCUT2D eigenvalue weighted by atomic mass is 10.2. The first-order valence-electron chi connectivity index (χ1n) is 5.96. The molecule has 8 heteroatoms. The molecule has 0 aliphatic carbocycles. The molecule has 0 spiro atoms. The largest absolute Gasteiger partial charge is 0.298 e. The number of carbonyl (C=O) groups excluding carboxylic acids is 1. The van der Waals surface area contributed by atoms with Gasteiger partial charge >= 0.3 is 0 Å². The van der Waals surface area contributed by atoms with Crippen molar-refractivity contribution < 1.29 is 13.6 Å². The Hall–Kier alpha value is -1.76. The van der Waals surface area contributed by atoms with Crippen LogP contribution in [-0.4, -0.2) is 10.9 Å². The van der Waals surface area contributed by atoms with Crippen LogP contribution in [0.4, 0.5) is 13.9 Å². The van der Waals surface area contributed by atoms with Crippen LogP contribution in [0.5, 0.6) is 0 Å². The fourth-order valence-electron chi connectivity index (χ4n) is 1.80. The molecule has 3 rings (SSSR count). The molecular weight excluding hydrogens is 353 g/mol. The number of benzene rings is 2. The SMILES string of the molecule is O=C(Nc1nc2c(Cl)c(Cl)ccc2s1)c1ccc(F)c(F)c1. The van der Waals surface area contributed by atoms with Gasteiger partial charge in [-0.1, -0.05) is 34.5 Å². The van der Waals surface area contributed by atoms with Gasteiger partial charge in [0.1, 0.15) is 5.52 Å². The lowest BCUT2D eigenvalue weighted by molar-refractivity contribution is 0.102. The molecule has 0 radical (unpaired) electrons. The van der Waals surface area contributed by atoms with Crippen molar-refractivity contribution in [3.05, 3.63) is 57.6 Å². The molecule has 0 unspecified atom stereocenters. The molecule has 3 aromatic rings. The van der Waals surface area contributed by atoms with Gasteiger partial charge < -0.3 is 0 Å². The summed E-state index contributed by atoms with van der Waals surface area (Å²) in [7, 11) is 0. The summed E-state index contributed by atoms with van der Waals surface area (Å²) in [4.78, 5) is 16.2. The van der Waals surface area contributed by atoms with Crippen LogP contribution in [0.1, 0.15) is 10.4 Å². The summed E-state index contributed by atoms with van der Waals surface area (Å²) in [5, 5.41) is 3.46. The first-order valence-corrected chi connectivity index (χ1v) is 7.54. The number of hydrogen-bond donors (Lipinski definition) is 1. The lowest BCUT2D eigenvalue weighted by Crippen LogP contribution is -2.12. The van der Waals surface area contributed by atoms with Crippen molar-refractivity contribution in [2.24, 2.45) is 0 Å². The Kier molecular flexibility index (Phi) is 3.99. The average Bonchev–Trinajstić information content (AvgIpc) is 2.89. The number of hydrogen-bond acceptors (Lipinski definition) is 3. The molecule has 0 fully saturated rings. The van der Waals surface area contributed by atoms with Crippen molar-refractivity contribution >= 4 is 55.8 Å². The maximum Gasteiger partial charge on any atom is 0.257 e. The molecule has 0 aliphatic rings. The molecule has 0 saturated heterocycles. The summed E-state index contributed by atoms with van der Waals surface area (Å²) in [6.07, 6.45) is 0. The van der Waals surface area contributed by atoms with Crippen molar-refractivity contribution in [3.8, 4) is 0 Å². The second-order valence-corrected chi connectivity index (χ2v) is 6.13. The van der Waals surface area contributed by atoms with Crippen LogP contribution in [0.15, 0.2) is 30.3 Å². The van der Waals surface area contributed by atoms with Gasteiger partial charge in [0.25, 0.3) is 5.91 Å². The number of thiazole rings is 1. The molecule has 2 aromatic carbocycles. The molecule has 1 amide bonds. The van der Waals surface area contributed by atoms with Crippen molar-refractivity contribution in [3.63, 3.8) is 0 Å². The third kappa shape index (κ3) is 2.77. The summed E-state index contributed by atoms with van der Waals surface area (Å²) >= 11 is 13.1. The van der Waals surface area contributed by atoms with E-state index in [2.05, 4.69) is 10.3 Å². The van der Waals surface area contributed by atoms with Gasteiger partial charge in [0.2, 0.25) is 0 Å². The minimum absolute atomic E-state index is 0.0118. The highest BCUT2D eigenvalue weighted by Crippen LogP contribution is 2.35. The number of amides is 1. The zero-order valence-corrected chi connectivity index (χ0v) is 13.0. The van der Waals surface area contributed by atoms with Crippen molar-refractivity contribution in [1.82, 2.24) is 4.98 Å². The molecule has 112 valence electrons. The van der Waals surface area contributed by atoms with Crippen LogP contribution in [0, 0.1) is 11.6 Å². The van der Waals surface area contributed by atoms with E-state index in [9.17, 15) is 13.6 Å². The van der Waals surface area contributed by atoms with E-state index in [1.807, 2.05) is 0 Å². The fourth-order valence-corrected chi connectivity index (χ4v) is 3.08. The van der Waals surface area contributed by atoms with E-state index in [-0.39, 0.29) is 10.7 Å². The smallest absolute Gasteiger partial charge is 0.257 e. The third-order valence-corrected chi connectivity index (χ3v) is 4.58. The quantitative estimate of drug-likeness (QED) is 0.689. The zero-order valence-electron chi connectivity index (χ0n) is 10.7. The normalized spacial score (nSPS) is 10.9. The first kappa shape index (κ1) is 15.1. The molecule has 0 saturated carbocycles. The third-order valence-electron chi connectivity index (χ3n) is 2.85. The van der Waals surface area contributed by atoms with Crippen LogP contribution >= 0.6 is 34.5 Å². The standard InChI is InChI=1S/C14H6Cl2F2N2OS/c15-7-2-4-10-12(11(7)16)19-14(22-10)20-13(21)6-1-3-8(17)9(18)5-6/h1-5H,(H,19,20,21). The Morgan fingerprint density at radius 3 is 2.64 bits per heavy atom. The molecule has 0 atom stereocenters. The summed E-state index contributed by atoms with van der Waals surface area (Å²) in [5.41, 5.74) is 0.460. The van der Waals surface area contributed by atoms with E-state index >= 15 is 0 Å². The molecule has 22 heavy (non-hydrogen) atoms. The summed E-state index contributed by atoms with van der Waals surface area (Å²) in [6.45, 7) is 0. The van der Waals surface area contributed by atoms with Crippen molar-refractivity contribution in [1.29, 1.82) is 0 Å². The monoisotopic (exact) mass is 358 g/mol. The van der Waals surface area contributed by atoms with Gasteiger partial charge in [-0.15, -0.1) is 0 Å². The maximum atomic E-state index is 13.1. The molecule has 1 N–H and O–H groups in total. The number of halogens is 4. The molecule has 0 aliphatic heterocycles. The Balaban J connectivity index is 1.90. The first-order chi connectivity index (χ1) is 10.5. The lowest BCUT2D eigenvalue weighted by Gasteiger charge is -2.01. The van der Waals surface area contributed by atoms with E-state index in [1.54, 1.807) is 12.1 Å². The van der Waals surface area contributed by atoms with Gasteiger partial charge in [-0.3, -0.25) is 10.1 Å². The second kappa shape index (κ2) is 5.79. The molecular formula is C14H6Cl2F2N2OS. The number of anilines is 1. The number of aromatic nitrogens is 1. The second-order valence-electron chi connectivity index (χ2n) is 4.31. The van der Waals surface area contributed by atoms with Crippen LogP contribution in [0.25, 0.3) is 10.2 Å². The van der Waals surface area contributed by atoms with Gasteiger partial charge in [-0.25, -0.2) is 13.8 Å². The molecule has 3 nitrogen and oxygen atoms in total. The highest BCUT2D eigenvalue weighted by Gasteiger charge is 2.14. The number of fused-ring (bicyclic) bond motifs is 1. The van der Waals surface area contributed by atoms with Gasteiger partial charge in [-0.05, 0) is 30.3 Å². The summed E-state index contributed by atoms with van der Waals surface area (Å²) < 4.78 is 26.8. The van der Waals surface area contributed by atoms with E-state index in [0.717, 1.165) is 16.8 Å². The van der Waals surface area contributed by atoms with Crippen molar-refractivity contribution in [2.45, 2.75) is 0 Å². The van der Waals surface area contributed by atoms with E-state index in [4.69, 9.17) is 23.2 Å². The predicted molar refractivity (Wildman–Crippen MR) is 84.0 cm³/mol. The molecule has 0 bridgehead atoms. The average molecular weight is 359 g/mol. The number of nitrogens with one attached hydrogen (secondary N) is 1. The summed E-state index contributed by atoms with van der Waals surface area (Å²) in [5.74, 6) is -2.70. The number of rotatable bonds is 2. The van der Waals surface area contributed by atoms with Crippen molar-refractivity contribution in [2.75, 3.05) is 5.32 Å². The molecule has 1 heterocycles. The van der Waals surface area contributed by atoms with Gasteiger partial charge in [-0.2, -0.15) is 0 Å². The Labute approximate surface area is 137 Å². The van der Waals surface area contributed by atoms with Crippen LogP contribution in [0.2, 0.25) is 10.0 Å². The minimum Gasteiger partial charge on any atom is -0.298 e. The highest BCUT2D eigenvalue weighted by atomic mass is 35.5. The van der Waals surface area contributed by atoms with Crippen LogP contribution in [-0.2, 0) is 0 Å². The van der Waals surface area contributed by atoms with Gasteiger partial charge in [0.05, 0.1) is 14.7 Å². The minimum atomic E-state index is -1.09. The van der Waals surface area contributed by atoms with Gasteiger partial charge in [0.15, 0.2) is 16.8 Å². The predicted octanol–water partition coefficient (Wildman–Crippen LogP) is 5.13. The number of carbonyl (C=O) groups is 1. The summed E-state index contributed by atoms with van der Waals surface area (Å²) in [6, 6.07) is 6.26. The fraction of sp³-hybridized carbons (Fsp3) is 0. The van der Waals surface area contributed by atoms with Crippen LogP contribution < -0.4 is 5.32 Å². The van der Waals surface area contributed by atoms with Gasteiger partial charge in [0, 0.05) is 5.56 Å². The van der Waals surface area contributed by atoms with E-state index < -0.39 is 17.5 Å².